The molecule has 1 heterocycles. The van der Waals surface area contributed by atoms with E-state index in [1.54, 1.807) is 12.1 Å². The fourth-order valence-electron chi connectivity index (χ4n) is 3.67. The van der Waals surface area contributed by atoms with Crippen LogP contribution in [0.25, 0.3) is 0 Å². The number of carbonyl (C=O) groups excluding carboxylic acids is 2. The molecule has 3 aromatic rings. The van der Waals surface area contributed by atoms with Gasteiger partial charge in [-0.15, -0.1) is 11.8 Å². The summed E-state index contributed by atoms with van der Waals surface area (Å²) < 4.78 is 13.9. The molecule has 0 saturated carbocycles. The number of thioether (sulfide) groups is 1. The lowest BCUT2D eigenvalue weighted by Gasteiger charge is -2.29. The molecule has 1 atom stereocenters. The van der Waals surface area contributed by atoms with Gasteiger partial charge < -0.3 is 10.2 Å². The van der Waals surface area contributed by atoms with Crippen molar-refractivity contribution in [3.05, 3.63) is 95.3 Å². The highest BCUT2D eigenvalue weighted by Gasteiger charge is 2.27. The second kappa shape index (κ2) is 9.35. The van der Waals surface area contributed by atoms with E-state index in [2.05, 4.69) is 12.2 Å². The average molecular weight is 435 g/mol. The number of nitrogens with one attached hydrogen (secondary N) is 1. The van der Waals surface area contributed by atoms with Gasteiger partial charge in [0.05, 0.1) is 17.5 Å². The van der Waals surface area contributed by atoms with Crippen LogP contribution in [0.1, 0.15) is 29.7 Å². The summed E-state index contributed by atoms with van der Waals surface area (Å²) in [5.74, 6) is -0.466. The van der Waals surface area contributed by atoms with Crippen molar-refractivity contribution in [2.45, 2.75) is 24.3 Å². The number of rotatable bonds is 6. The van der Waals surface area contributed by atoms with Gasteiger partial charge in [-0.1, -0.05) is 55.5 Å². The molecule has 0 spiro atoms. The third-order valence-corrected chi connectivity index (χ3v) is 6.37. The van der Waals surface area contributed by atoms with E-state index < -0.39 is 6.04 Å². The van der Waals surface area contributed by atoms with Gasteiger partial charge in [-0.05, 0) is 47.4 Å². The van der Waals surface area contributed by atoms with E-state index in [1.807, 2.05) is 48.5 Å². The number of fused-ring (bicyclic) bond motifs is 1. The fourth-order valence-corrected chi connectivity index (χ4v) is 4.60. The molecule has 0 radical (unpaired) electrons. The molecule has 6 heteroatoms. The molecule has 31 heavy (non-hydrogen) atoms. The number of para-hydroxylation sites is 1. The van der Waals surface area contributed by atoms with Gasteiger partial charge in [-0.25, -0.2) is 4.39 Å². The molecule has 4 nitrogen and oxygen atoms in total. The minimum Gasteiger partial charge on any atom is -0.344 e. The normalized spacial score (nSPS) is 14.1. The van der Waals surface area contributed by atoms with E-state index in [0.717, 1.165) is 22.6 Å². The van der Waals surface area contributed by atoms with E-state index in [1.165, 1.54) is 34.4 Å². The van der Waals surface area contributed by atoms with E-state index in [0.29, 0.717) is 11.3 Å². The van der Waals surface area contributed by atoms with Gasteiger partial charge in [0.1, 0.15) is 12.4 Å². The van der Waals surface area contributed by atoms with E-state index in [-0.39, 0.29) is 24.2 Å². The summed E-state index contributed by atoms with van der Waals surface area (Å²) in [4.78, 5) is 28.0. The molecule has 1 aliphatic heterocycles. The summed E-state index contributed by atoms with van der Waals surface area (Å²) in [7, 11) is 0. The number of benzene rings is 3. The number of amides is 2. The number of anilines is 1. The van der Waals surface area contributed by atoms with Crippen molar-refractivity contribution in [2.75, 3.05) is 17.2 Å². The zero-order chi connectivity index (χ0) is 21.8. The molecular formula is C25H23FN2O2S. The Morgan fingerprint density at radius 1 is 1.06 bits per heavy atom. The highest BCUT2D eigenvalue weighted by Crippen LogP contribution is 2.34. The summed E-state index contributed by atoms with van der Waals surface area (Å²) in [5.41, 5.74) is 3.44. The first-order chi connectivity index (χ1) is 15.0. The minimum atomic E-state index is -0.515. The predicted molar refractivity (Wildman–Crippen MR) is 122 cm³/mol. The second-order valence-corrected chi connectivity index (χ2v) is 8.40. The molecule has 0 aliphatic carbocycles. The van der Waals surface area contributed by atoms with Crippen LogP contribution in [-0.4, -0.2) is 24.1 Å². The first-order valence-electron chi connectivity index (χ1n) is 10.2. The number of carbonyl (C=O) groups is 2. The molecule has 1 unspecified atom stereocenters. The van der Waals surface area contributed by atoms with E-state index in [4.69, 9.17) is 0 Å². The van der Waals surface area contributed by atoms with Gasteiger partial charge in [0.25, 0.3) is 0 Å². The highest BCUT2D eigenvalue weighted by molar-refractivity contribution is 8.00. The Morgan fingerprint density at radius 2 is 1.84 bits per heavy atom. The van der Waals surface area contributed by atoms with Crippen molar-refractivity contribution < 1.29 is 14.0 Å². The topological polar surface area (TPSA) is 49.4 Å². The van der Waals surface area contributed by atoms with Gasteiger partial charge >= 0.3 is 0 Å². The molecule has 158 valence electrons. The minimum absolute atomic E-state index is 0.0880. The number of halogens is 1. The maximum Gasteiger partial charge on any atom is 0.240 e. The molecule has 2 amide bonds. The number of hydrogen-bond donors (Lipinski definition) is 1. The summed E-state index contributed by atoms with van der Waals surface area (Å²) in [6, 6.07) is 21.2. The number of aryl methyl sites for hydroxylation is 1. The molecular weight excluding hydrogens is 411 g/mol. The van der Waals surface area contributed by atoms with Gasteiger partial charge in [0.15, 0.2) is 0 Å². The monoisotopic (exact) mass is 434 g/mol. The van der Waals surface area contributed by atoms with Gasteiger partial charge in [0.2, 0.25) is 11.8 Å². The molecule has 0 saturated heterocycles. The molecule has 3 aromatic carbocycles. The standard InChI is InChI=1S/C25H23FN2O2S/c1-2-17-10-12-18(13-11-17)25(19-6-5-7-20(26)14-19)27-23(29)15-28-21-8-3-4-9-22(21)31-16-24(28)30/h3-14,25H,2,15-16H2,1H3,(H,27,29). The first kappa shape index (κ1) is 21.1. The van der Waals surface area contributed by atoms with Crippen LogP contribution in [0.4, 0.5) is 10.1 Å². The Morgan fingerprint density at radius 3 is 2.58 bits per heavy atom. The molecule has 0 bridgehead atoms. The summed E-state index contributed by atoms with van der Waals surface area (Å²) in [5, 5.41) is 3.01. The van der Waals surface area contributed by atoms with E-state index >= 15 is 0 Å². The van der Waals surface area contributed by atoms with Crippen LogP contribution in [0.2, 0.25) is 0 Å². The summed E-state index contributed by atoms with van der Waals surface area (Å²) >= 11 is 1.48. The fraction of sp³-hybridized carbons (Fsp3) is 0.200. The van der Waals surface area contributed by atoms with Crippen molar-refractivity contribution in [1.82, 2.24) is 5.32 Å². The van der Waals surface area contributed by atoms with Crippen molar-refractivity contribution in [3.63, 3.8) is 0 Å². The lowest BCUT2D eigenvalue weighted by molar-refractivity contribution is -0.123. The van der Waals surface area contributed by atoms with Crippen LogP contribution in [0.5, 0.6) is 0 Å². The Kier molecular flexibility index (Phi) is 6.37. The third-order valence-electron chi connectivity index (χ3n) is 5.32. The van der Waals surface area contributed by atoms with Crippen LogP contribution in [0.3, 0.4) is 0 Å². The SMILES string of the molecule is CCc1ccc(C(NC(=O)CN2C(=O)CSc3ccccc32)c2cccc(F)c2)cc1. The molecule has 0 fully saturated rings. The number of hydrogen-bond acceptors (Lipinski definition) is 3. The van der Waals surface area contributed by atoms with Crippen molar-refractivity contribution in [3.8, 4) is 0 Å². The molecule has 1 aliphatic rings. The Balaban J connectivity index is 1.59. The first-order valence-corrected chi connectivity index (χ1v) is 11.2. The Labute approximate surface area is 185 Å². The molecule has 4 rings (SSSR count). The van der Waals surface area contributed by atoms with Crippen molar-refractivity contribution >= 4 is 29.3 Å². The lowest BCUT2D eigenvalue weighted by Crippen LogP contribution is -2.44. The van der Waals surface area contributed by atoms with Crippen molar-refractivity contribution in [2.24, 2.45) is 0 Å². The largest absolute Gasteiger partial charge is 0.344 e. The smallest absolute Gasteiger partial charge is 0.240 e. The molecule has 0 aromatic heterocycles. The Bertz CT molecular complexity index is 1100. The maximum absolute atomic E-state index is 13.9. The van der Waals surface area contributed by atoms with Gasteiger partial charge in [0, 0.05) is 4.90 Å². The average Bonchev–Trinajstić information content (AvgIpc) is 2.79. The summed E-state index contributed by atoms with van der Waals surface area (Å²) in [6.45, 7) is 1.99. The van der Waals surface area contributed by atoms with Crippen LogP contribution in [0, 0.1) is 5.82 Å². The highest BCUT2D eigenvalue weighted by atomic mass is 32.2. The maximum atomic E-state index is 13.9. The van der Waals surface area contributed by atoms with Crippen LogP contribution in [0.15, 0.2) is 77.7 Å². The quantitative estimate of drug-likeness (QED) is 0.610. The van der Waals surface area contributed by atoms with Gasteiger partial charge in [-0.2, -0.15) is 0 Å². The van der Waals surface area contributed by atoms with Gasteiger partial charge in [-0.3, -0.25) is 9.59 Å². The third kappa shape index (κ3) is 4.80. The second-order valence-electron chi connectivity index (χ2n) is 7.39. The zero-order valence-corrected chi connectivity index (χ0v) is 18.0. The predicted octanol–water partition coefficient (Wildman–Crippen LogP) is 4.73. The Hall–Kier alpha value is -3.12. The lowest BCUT2D eigenvalue weighted by atomic mass is 9.97. The van der Waals surface area contributed by atoms with Crippen LogP contribution >= 0.6 is 11.8 Å². The summed E-state index contributed by atoms with van der Waals surface area (Å²) in [6.07, 6.45) is 0.908. The van der Waals surface area contributed by atoms with Crippen LogP contribution < -0.4 is 10.2 Å². The van der Waals surface area contributed by atoms with E-state index in [9.17, 15) is 14.0 Å². The number of nitrogens with zero attached hydrogens (tertiary/aromatic N) is 1. The molecule has 1 N–H and O–H groups in total. The van der Waals surface area contributed by atoms with Crippen molar-refractivity contribution in [1.29, 1.82) is 0 Å². The van der Waals surface area contributed by atoms with Crippen LogP contribution in [-0.2, 0) is 16.0 Å². The zero-order valence-electron chi connectivity index (χ0n) is 17.2.